The van der Waals surface area contributed by atoms with E-state index in [1.54, 1.807) is 0 Å². The van der Waals surface area contributed by atoms with E-state index in [4.69, 9.17) is 17.3 Å². The molecule has 0 fully saturated rings. The van der Waals surface area contributed by atoms with Crippen LogP contribution in [0.4, 0.5) is 11.9 Å². The summed E-state index contributed by atoms with van der Waals surface area (Å²) in [5, 5.41) is 8.49. The van der Waals surface area contributed by atoms with Crippen molar-refractivity contribution in [3.8, 4) is 0 Å². The predicted molar refractivity (Wildman–Crippen MR) is 91.4 cm³/mol. The number of nitrogens with zero attached hydrogens (tertiary/aromatic N) is 3. The van der Waals surface area contributed by atoms with E-state index in [9.17, 15) is 0 Å². The highest BCUT2D eigenvalue weighted by molar-refractivity contribution is 6.31. The number of nitrogen functional groups attached to an aromatic ring is 1. The molecule has 0 amide bonds. The number of nitrogens with two attached hydrogens (primary N) is 1. The Kier molecular flexibility index (Phi) is 3.42. The molecule has 1 aromatic heterocycles. The fourth-order valence-corrected chi connectivity index (χ4v) is 3.36. The number of anilines is 2. The van der Waals surface area contributed by atoms with Crippen LogP contribution in [0.3, 0.4) is 0 Å². The van der Waals surface area contributed by atoms with Crippen LogP contribution in [0.5, 0.6) is 0 Å². The molecule has 1 aliphatic rings. The van der Waals surface area contributed by atoms with Crippen molar-refractivity contribution in [3.63, 3.8) is 0 Å². The average molecular weight is 326 g/mol. The summed E-state index contributed by atoms with van der Waals surface area (Å²) in [5.74, 6) is 0.936. The van der Waals surface area contributed by atoms with Gasteiger partial charge in [-0.3, -0.25) is 0 Å². The maximum Gasteiger partial charge on any atom is 0.241 e. The van der Waals surface area contributed by atoms with E-state index in [1.165, 1.54) is 5.56 Å². The van der Waals surface area contributed by atoms with Gasteiger partial charge < -0.3 is 11.1 Å². The smallest absolute Gasteiger partial charge is 0.241 e. The van der Waals surface area contributed by atoms with E-state index < -0.39 is 0 Å². The predicted octanol–water partition coefficient (Wildman–Crippen LogP) is 3.66. The zero-order valence-corrected chi connectivity index (χ0v) is 13.1. The van der Waals surface area contributed by atoms with Crippen LogP contribution in [-0.2, 0) is 0 Å². The minimum Gasteiger partial charge on any atom is -0.366 e. The van der Waals surface area contributed by atoms with Crippen molar-refractivity contribution < 1.29 is 0 Å². The van der Waals surface area contributed by atoms with Gasteiger partial charge in [-0.25, -0.2) is 4.68 Å². The molecule has 116 valence electrons. The molecule has 3 N–H and O–H groups in total. The first kappa shape index (κ1) is 14.1. The molecule has 5 nitrogen and oxygen atoms in total. The Morgan fingerprint density at radius 1 is 1.09 bits per heavy atom. The fraction of sp³-hybridized carbons (Fsp3) is 0.176. The molecule has 4 rings (SSSR count). The van der Waals surface area contributed by atoms with Gasteiger partial charge in [0.2, 0.25) is 11.9 Å². The minimum absolute atomic E-state index is 0.00467. The Hall–Kier alpha value is -2.53. The standard InChI is InChI=1S/C17H16ClN5/c18-13-9-5-4-8-12(13)15-10-14(11-6-2-1-3-7-11)20-17-21-16(19)22-23(15)17/h1-9,14-15H,10H2,(H3,19,20,21,22)/t14-,15-/m0/s1. The number of hydrogen-bond donors (Lipinski definition) is 2. The molecule has 0 unspecified atom stereocenters. The minimum atomic E-state index is -0.00467. The Morgan fingerprint density at radius 3 is 2.61 bits per heavy atom. The summed E-state index contributed by atoms with van der Waals surface area (Å²) < 4.78 is 1.83. The summed E-state index contributed by atoms with van der Waals surface area (Å²) in [6.07, 6.45) is 0.823. The highest BCUT2D eigenvalue weighted by atomic mass is 35.5. The first-order valence-corrected chi connectivity index (χ1v) is 7.88. The van der Waals surface area contributed by atoms with Gasteiger partial charge in [-0.2, -0.15) is 4.98 Å². The molecule has 0 saturated carbocycles. The summed E-state index contributed by atoms with van der Waals surface area (Å²) in [5.41, 5.74) is 8.04. The first-order chi connectivity index (χ1) is 11.2. The number of halogens is 1. The Bertz CT molecular complexity index is 830. The van der Waals surface area contributed by atoms with Gasteiger partial charge >= 0.3 is 0 Å². The molecule has 2 aromatic carbocycles. The van der Waals surface area contributed by atoms with E-state index in [1.807, 2.05) is 47.1 Å². The Morgan fingerprint density at radius 2 is 1.83 bits per heavy atom. The third kappa shape index (κ3) is 2.53. The lowest BCUT2D eigenvalue weighted by Gasteiger charge is -2.32. The van der Waals surface area contributed by atoms with E-state index in [0.29, 0.717) is 5.95 Å². The van der Waals surface area contributed by atoms with Crippen molar-refractivity contribution >= 4 is 23.5 Å². The van der Waals surface area contributed by atoms with Crippen LogP contribution in [0.2, 0.25) is 5.02 Å². The molecule has 0 spiro atoms. The van der Waals surface area contributed by atoms with Gasteiger partial charge in [-0.05, 0) is 23.6 Å². The number of aromatic nitrogens is 3. The third-order valence-corrected chi connectivity index (χ3v) is 4.52. The van der Waals surface area contributed by atoms with Crippen molar-refractivity contribution in [2.75, 3.05) is 11.1 Å². The van der Waals surface area contributed by atoms with E-state index >= 15 is 0 Å². The molecule has 2 heterocycles. The lowest BCUT2D eigenvalue weighted by atomic mass is 9.93. The quantitative estimate of drug-likeness (QED) is 0.754. The van der Waals surface area contributed by atoms with Crippen LogP contribution in [0, 0.1) is 0 Å². The van der Waals surface area contributed by atoms with Gasteiger partial charge in [0.1, 0.15) is 0 Å². The van der Waals surface area contributed by atoms with Crippen LogP contribution in [0.15, 0.2) is 54.6 Å². The second-order valence-corrected chi connectivity index (χ2v) is 6.03. The number of rotatable bonds is 2. The summed E-state index contributed by atoms with van der Waals surface area (Å²) >= 11 is 6.41. The van der Waals surface area contributed by atoms with E-state index in [2.05, 4.69) is 27.5 Å². The van der Waals surface area contributed by atoms with Crippen LogP contribution in [0.1, 0.15) is 29.6 Å². The van der Waals surface area contributed by atoms with Crippen LogP contribution < -0.4 is 11.1 Å². The van der Waals surface area contributed by atoms with Gasteiger partial charge in [-0.15, -0.1) is 5.10 Å². The molecule has 2 atom stereocenters. The van der Waals surface area contributed by atoms with Gasteiger partial charge in [-0.1, -0.05) is 60.1 Å². The number of hydrogen-bond acceptors (Lipinski definition) is 4. The topological polar surface area (TPSA) is 68.8 Å². The Labute approximate surface area is 139 Å². The molecule has 0 radical (unpaired) electrons. The summed E-state index contributed by atoms with van der Waals surface area (Å²) in [7, 11) is 0. The van der Waals surface area contributed by atoms with Gasteiger partial charge in [0.25, 0.3) is 0 Å². The molecule has 3 aromatic rings. The molecule has 6 heteroatoms. The van der Waals surface area contributed by atoms with Crippen molar-refractivity contribution in [2.45, 2.75) is 18.5 Å². The van der Waals surface area contributed by atoms with E-state index in [0.717, 1.165) is 17.0 Å². The zero-order chi connectivity index (χ0) is 15.8. The first-order valence-electron chi connectivity index (χ1n) is 7.50. The van der Waals surface area contributed by atoms with Gasteiger partial charge in [0, 0.05) is 5.02 Å². The SMILES string of the molecule is Nc1nc2n(n1)[C@H](c1ccccc1Cl)C[C@@H](c1ccccc1)N2. The molecule has 0 saturated heterocycles. The largest absolute Gasteiger partial charge is 0.366 e. The third-order valence-electron chi connectivity index (χ3n) is 4.17. The van der Waals surface area contributed by atoms with Crippen molar-refractivity contribution in [3.05, 3.63) is 70.7 Å². The summed E-state index contributed by atoms with van der Waals surface area (Å²) in [6, 6.07) is 18.3. The second-order valence-electron chi connectivity index (χ2n) is 5.62. The lowest BCUT2D eigenvalue weighted by Crippen LogP contribution is -2.28. The molecule has 1 aliphatic heterocycles. The van der Waals surface area contributed by atoms with Crippen LogP contribution in [0.25, 0.3) is 0 Å². The van der Waals surface area contributed by atoms with Crippen molar-refractivity contribution in [2.24, 2.45) is 0 Å². The average Bonchev–Trinajstić information content (AvgIpc) is 2.95. The number of benzene rings is 2. The van der Waals surface area contributed by atoms with Crippen molar-refractivity contribution in [1.82, 2.24) is 14.8 Å². The van der Waals surface area contributed by atoms with Gasteiger partial charge in [0.15, 0.2) is 0 Å². The highest BCUT2D eigenvalue weighted by Crippen LogP contribution is 2.39. The van der Waals surface area contributed by atoms with E-state index in [-0.39, 0.29) is 18.0 Å². The monoisotopic (exact) mass is 325 g/mol. The normalized spacial score (nSPS) is 19.9. The van der Waals surface area contributed by atoms with Gasteiger partial charge in [0.05, 0.1) is 12.1 Å². The zero-order valence-electron chi connectivity index (χ0n) is 12.4. The van der Waals surface area contributed by atoms with Crippen LogP contribution in [-0.4, -0.2) is 14.8 Å². The molecule has 23 heavy (non-hydrogen) atoms. The summed E-state index contributed by atoms with van der Waals surface area (Å²) in [4.78, 5) is 4.31. The highest BCUT2D eigenvalue weighted by Gasteiger charge is 2.31. The molecular weight excluding hydrogens is 310 g/mol. The summed E-state index contributed by atoms with van der Waals surface area (Å²) in [6.45, 7) is 0. The molecule has 0 aliphatic carbocycles. The fourth-order valence-electron chi connectivity index (χ4n) is 3.10. The Balaban J connectivity index is 1.80. The number of fused-ring (bicyclic) bond motifs is 1. The number of nitrogens with one attached hydrogen (secondary N) is 1. The maximum absolute atomic E-state index is 6.41. The maximum atomic E-state index is 6.41. The lowest BCUT2D eigenvalue weighted by molar-refractivity contribution is 0.431. The van der Waals surface area contributed by atoms with Crippen LogP contribution >= 0.6 is 11.6 Å². The second kappa shape index (κ2) is 5.59. The molecule has 0 bridgehead atoms. The molecular formula is C17H16ClN5. The van der Waals surface area contributed by atoms with Crippen molar-refractivity contribution in [1.29, 1.82) is 0 Å².